The van der Waals surface area contributed by atoms with E-state index in [1.54, 1.807) is 11.1 Å². The normalized spacial score (nSPS) is 16.7. The Bertz CT molecular complexity index is 1420. The molecule has 1 aliphatic rings. The molecular formula is C28H24N4O2S. The number of hydrogen-bond acceptors (Lipinski definition) is 5. The van der Waals surface area contributed by atoms with Crippen LogP contribution in [0.4, 0.5) is 11.4 Å². The molecule has 1 N–H and O–H groups in total. The van der Waals surface area contributed by atoms with E-state index in [1.807, 2.05) is 91.9 Å². The summed E-state index contributed by atoms with van der Waals surface area (Å²) in [4.78, 5) is 37.0. The number of fused-ring (bicyclic) bond motifs is 1. The van der Waals surface area contributed by atoms with E-state index in [-0.39, 0.29) is 18.2 Å². The number of aromatic nitrogens is 1. The van der Waals surface area contributed by atoms with Gasteiger partial charge in [-0.3, -0.25) is 19.5 Å². The van der Waals surface area contributed by atoms with Crippen molar-refractivity contribution in [1.82, 2.24) is 9.88 Å². The van der Waals surface area contributed by atoms with Gasteiger partial charge in [0.05, 0.1) is 17.9 Å². The second-order valence-electron chi connectivity index (χ2n) is 8.40. The maximum absolute atomic E-state index is 13.4. The summed E-state index contributed by atoms with van der Waals surface area (Å²) in [7, 11) is 0. The Morgan fingerprint density at radius 3 is 2.63 bits per heavy atom. The molecule has 1 aliphatic heterocycles. The monoisotopic (exact) mass is 480 g/mol. The zero-order valence-electron chi connectivity index (χ0n) is 19.2. The van der Waals surface area contributed by atoms with E-state index in [0.717, 1.165) is 27.7 Å². The predicted molar refractivity (Wildman–Crippen MR) is 142 cm³/mol. The van der Waals surface area contributed by atoms with Gasteiger partial charge < -0.3 is 5.32 Å². The summed E-state index contributed by atoms with van der Waals surface area (Å²) in [6.07, 6.45) is 1.76. The lowest BCUT2D eigenvalue weighted by atomic mass is 10.1. The average Bonchev–Trinajstić information content (AvgIpc) is 3.13. The van der Waals surface area contributed by atoms with Gasteiger partial charge in [0.25, 0.3) is 0 Å². The first-order valence-electron chi connectivity index (χ1n) is 11.4. The molecule has 3 aromatic carbocycles. The number of benzene rings is 3. The van der Waals surface area contributed by atoms with Gasteiger partial charge >= 0.3 is 0 Å². The number of aryl methyl sites for hydroxylation is 1. The molecule has 2 amide bonds. The fourth-order valence-corrected chi connectivity index (χ4v) is 5.14. The summed E-state index contributed by atoms with van der Waals surface area (Å²) in [6, 6.07) is 27.2. The van der Waals surface area contributed by atoms with Crippen LogP contribution in [0.2, 0.25) is 0 Å². The number of rotatable bonds is 6. The highest BCUT2D eigenvalue weighted by Gasteiger charge is 2.39. The Morgan fingerprint density at radius 1 is 1.00 bits per heavy atom. The van der Waals surface area contributed by atoms with Crippen LogP contribution in [0.3, 0.4) is 0 Å². The first-order chi connectivity index (χ1) is 17.0. The Morgan fingerprint density at radius 2 is 1.83 bits per heavy atom. The molecule has 1 fully saturated rings. The molecule has 7 heteroatoms. The summed E-state index contributed by atoms with van der Waals surface area (Å²) in [5, 5.41) is 5.12. The van der Waals surface area contributed by atoms with Gasteiger partial charge in [0.1, 0.15) is 5.25 Å². The molecule has 0 bridgehead atoms. The highest BCUT2D eigenvalue weighted by molar-refractivity contribution is 8.15. The molecular weight excluding hydrogens is 456 g/mol. The van der Waals surface area contributed by atoms with Crippen LogP contribution in [-0.2, 0) is 16.1 Å². The number of amidine groups is 1. The SMILES string of the molecule is Cc1cccc(N=C2SC(CC(=O)Nc3ccc4ccccc4c3)C(=O)N2Cc2ccccn2)c1. The molecule has 0 aliphatic carbocycles. The lowest BCUT2D eigenvalue weighted by Crippen LogP contribution is -2.33. The van der Waals surface area contributed by atoms with Crippen molar-refractivity contribution in [3.05, 3.63) is 102 Å². The third kappa shape index (κ3) is 5.41. The summed E-state index contributed by atoms with van der Waals surface area (Å²) in [6.45, 7) is 2.31. The third-order valence-electron chi connectivity index (χ3n) is 5.70. The maximum atomic E-state index is 13.4. The fraction of sp³-hybridized carbons (Fsp3) is 0.143. The first-order valence-corrected chi connectivity index (χ1v) is 12.2. The van der Waals surface area contributed by atoms with E-state index in [4.69, 9.17) is 4.99 Å². The van der Waals surface area contributed by atoms with Gasteiger partial charge in [-0.05, 0) is 59.7 Å². The van der Waals surface area contributed by atoms with Crippen molar-refractivity contribution < 1.29 is 9.59 Å². The number of anilines is 1. The first kappa shape index (κ1) is 22.8. The molecule has 1 atom stereocenters. The summed E-state index contributed by atoms with van der Waals surface area (Å²) in [5.41, 5.74) is 3.33. The second-order valence-corrected chi connectivity index (χ2v) is 9.57. The van der Waals surface area contributed by atoms with Crippen molar-refractivity contribution in [3.8, 4) is 0 Å². The molecule has 2 heterocycles. The van der Waals surface area contributed by atoms with Gasteiger partial charge in [-0.2, -0.15) is 0 Å². The van der Waals surface area contributed by atoms with E-state index < -0.39 is 5.25 Å². The van der Waals surface area contributed by atoms with Crippen LogP contribution < -0.4 is 5.32 Å². The summed E-state index contributed by atoms with van der Waals surface area (Å²) in [5.74, 6) is -0.346. The third-order valence-corrected chi connectivity index (χ3v) is 6.87. The van der Waals surface area contributed by atoms with Crippen LogP contribution in [0.15, 0.2) is 96.1 Å². The molecule has 5 rings (SSSR count). The largest absolute Gasteiger partial charge is 0.326 e. The molecule has 4 aromatic rings. The van der Waals surface area contributed by atoms with Crippen molar-refractivity contribution in [1.29, 1.82) is 0 Å². The summed E-state index contributed by atoms with van der Waals surface area (Å²) >= 11 is 1.33. The highest BCUT2D eigenvalue weighted by Crippen LogP contribution is 2.33. The zero-order valence-corrected chi connectivity index (χ0v) is 20.0. The Balaban J connectivity index is 1.35. The Labute approximate surface area is 208 Å². The smallest absolute Gasteiger partial charge is 0.243 e. The van der Waals surface area contributed by atoms with Crippen LogP contribution in [0.1, 0.15) is 17.7 Å². The molecule has 0 saturated carbocycles. The van der Waals surface area contributed by atoms with Crippen LogP contribution in [0, 0.1) is 6.92 Å². The van der Waals surface area contributed by atoms with Gasteiger partial charge in [0, 0.05) is 18.3 Å². The highest BCUT2D eigenvalue weighted by atomic mass is 32.2. The number of nitrogens with zero attached hydrogens (tertiary/aromatic N) is 3. The number of nitrogens with one attached hydrogen (secondary N) is 1. The van der Waals surface area contributed by atoms with Crippen LogP contribution >= 0.6 is 11.8 Å². The van der Waals surface area contributed by atoms with Gasteiger partial charge in [0.15, 0.2) is 5.17 Å². The van der Waals surface area contributed by atoms with Gasteiger partial charge in [-0.25, -0.2) is 4.99 Å². The van der Waals surface area contributed by atoms with Crippen molar-refractivity contribution in [3.63, 3.8) is 0 Å². The fourth-order valence-electron chi connectivity index (χ4n) is 3.98. The lowest BCUT2D eigenvalue weighted by Gasteiger charge is -2.16. The average molecular weight is 481 g/mol. The van der Waals surface area contributed by atoms with Crippen LogP contribution in [-0.4, -0.2) is 32.1 Å². The molecule has 174 valence electrons. The quantitative estimate of drug-likeness (QED) is 0.384. The van der Waals surface area contributed by atoms with Crippen LogP contribution in [0.5, 0.6) is 0 Å². The van der Waals surface area contributed by atoms with Crippen molar-refractivity contribution in [2.24, 2.45) is 4.99 Å². The van der Waals surface area contributed by atoms with E-state index >= 15 is 0 Å². The molecule has 1 aromatic heterocycles. The van der Waals surface area contributed by atoms with E-state index in [2.05, 4.69) is 10.3 Å². The summed E-state index contributed by atoms with van der Waals surface area (Å²) < 4.78 is 0. The van der Waals surface area contributed by atoms with Gasteiger partial charge in [0.2, 0.25) is 11.8 Å². The molecule has 0 spiro atoms. The zero-order chi connectivity index (χ0) is 24.2. The number of pyridine rings is 1. The van der Waals surface area contributed by atoms with Crippen molar-refractivity contribution in [2.45, 2.75) is 25.1 Å². The predicted octanol–water partition coefficient (Wildman–Crippen LogP) is 5.70. The standard InChI is InChI=1S/C28H24N4O2S/c1-19-7-6-11-22(15-19)31-28-32(18-24-10-4-5-14-29-24)27(34)25(35-28)17-26(33)30-23-13-12-20-8-2-3-9-21(20)16-23/h2-16,25H,17-18H2,1H3,(H,30,33). The molecule has 1 saturated heterocycles. The topological polar surface area (TPSA) is 74.7 Å². The number of thioether (sulfide) groups is 1. The lowest BCUT2D eigenvalue weighted by molar-refractivity contribution is -0.128. The number of amides is 2. The van der Waals surface area contributed by atoms with Crippen molar-refractivity contribution in [2.75, 3.05) is 5.32 Å². The van der Waals surface area contributed by atoms with E-state index in [1.165, 1.54) is 11.8 Å². The second kappa shape index (κ2) is 10.1. The van der Waals surface area contributed by atoms with Gasteiger partial charge in [-0.15, -0.1) is 0 Å². The number of aliphatic imine (C=N–C) groups is 1. The minimum atomic E-state index is -0.553. The Kier molecular flexibility index (Phi) is 6.59. The molecule has 1 unspecified atom stereocenters. The van der Waals surface area contributed by atoms with Crippen molar-refractivity contribution >= 4 is 50.9 Å². The minimum absolute atomic E-state index is 0.0574. The van der Waals surface area contributed by atoms with Crippen LogP contribution in [0.25, 0.3) is 10.8 Å². The minimum Gasteiger partial charge on any atom is -0.326 e. The number of hydrogen-bond donors (Lipinski definition) is 1. The maximum Gasteiger partial charge on any atom is 0.243 e. The number of carbonyl (C=O) groups excluding carboxylic acids is 2. The molecule has 0 radical (unpaired) electrons. The molecule has 35 heavy (non-hydrogen) atoms. The Hall–Kier alpha value is -3.97. The molecule has 6 nitrogen and oxygen atoms in total. The number of carbonyl (C=O) groups is 2. The van der Waals surface area contributed by atoms with E-state index in [0.29, 0.717) is 17.4 Å². The van der Waals surface area contributed by atoms with E-state index in [9.17, 15) is 9.59 Å². The van der Waals surface area contributed by atoms with Gasteiger partial charge in [-0.1, -0.05) is 60.3 Å².